The number of rotatable bonds is 5. The van der Waals surface area contributed by atoms with E-state index in [1.165, 1.54) is 12.1 Å². The van der Waals surface area contributed by atoms with E-state index < -0.39 is 15.7 Å². The van der Waals surface area contributed by atoms with E-state index in [1.807, 2.05) is 19.9 Å². The second-order valence-electron chi connectivity index (χ2n) is 5.90. The van der Waals surface area contributed by atoms with Crippen molar-refractivity contribution in [2.75, 3.05) is 18.2 Å². The van der Waals surface area contributed by atoms with E-state index >= 15 is 0 Å². The first kappa shape index (κ1) is 18.0. The van der Waals surface area contributed by atoms with Crippen molar-refractivity contribution in [1.82, 2.24) is 0 Å². The fourth-order valence-corrected chi connectivity index (χ4v) is 3.28. The van der Waals surface area contributed by atoms with Crippen molar-refractivity contribution in [2.24, 2.45) is 0 Å². The summed E-state index contributed by atoms with van der Waals surface area (Å²) in [6.45, 7) is 4.27. The fourth-order valence-electron chi connectivity index (χ4n) is 2.65. The molecule has 136 valence electrons. The maximum Gasteiger partial charge on any atom is 0.291 e. The standard InChI is InChI=1S/C19H19NO5S/c1-4-24-14-7-10-17-16(11-14)12(2)18(25-17)19(21)20-13-5-8-15(9-6-13)26(3,22)23/h5-11H,4H2,1-3H3,(H,20,21). The second kappa shape index (κ2) is 6.84. The third-order valence-electron chi connectivity index (χ3n) is 3.97. The Morgan fingerprint density at radius 3 is 2.46 bits per heavy atom. The van der Waals surface area contributed by atoms with Crippen LogP contribution >= 0.6 is 0 Å². The van der Waals surface area contributed by atoms with Gasteiger partial charge in [0.05, 0.1) is 11.5 Å². The van der Waals surface area contributed by atoms with Crippen LogP contribution in [0.25, 0.3) is 11.0 Å². The first-order chi connectivity index (χ1) is 12.3. The topological polar surface area (TPSA) is 85.6 Å². The smallest absolute Gasteiger partial charge is 0.291 e. The molecule has 0 spiro atoms. The molecule has 0 bridgehead atoms. The lowest BCUT2D eigenvalue weighted by Crippen LogP contribution is -2.12. The molecule has 1 aromatic heterocycles. The molecule has 1 amide bonds. The number of aryl methyl sites for hydroxylation is 1. The zero-order valence-electron chi connectivity index (χ0n) is 14.7. The van der Waals surface area contributed by atoms with Crippen LogP contribution in [0.5, 0.6) is 5.75 Å². The zero-order valence-corrected chi connectivity index (χ0v) is 15.5. The van der Waals surface area contributed by atoms with Crippen molar-refractivity contribution in [3.63, 3.8) is 0 Å². The molecule has 26 heavy (non-hydrogen) atoms. The van der Waals surface area contributed by atoms with E-state index in [2.05, 4.69) is 5.32 Å². The number of hydrogen-bond acceptors (Lipinski definition) is 5. The molecule has 1 N–H and O–H groups in total. The molecule has 3 rings (SSSR count). The first-order valence-electron chi connectivity index (χ1n) is 8.07. The number of carbonyl (C=O) groups excluding carboxylic acids is 1. The van der Waals surface area contributed by atoms with Crippen LogP contribution in [0.15, 0.2) is 51.8 Å². The number of furan rings is 1. The summed E-state index contributed by atoms with van der Waals surface area (Å²) in [5.74, 6) is 0.525. The van der Waals surface area contributed by atoms with Gasteiger partial charge in [-0.2, -0.15) is 0 Å². The van der Waals surface area contributed by atoms with E-state index in [1.54, 1.807) is 24.3 Å². The largest absolute Gasteiger partial charge is 0.494 e. The summed E-state index contributed by atoms with van der Waals surface area (Å²) in [6.07, 6.45) is 1.13. The molecule has 6 nitrogen and oxygen atoms in total. The highest BCUT2D eigenvalue weighted by Gasteiger charge is 2.18. The van der Waals surface area contributed by atoms with Gasteiger partial charge in [0, 0.05) is 22.9 Å². The van der Waals surface area contributed by atoms with Gasteiger partial charge in [0.25, 0.3) is 5.91 Å². The van der Waals surface area contributed by atoms with Crippen molar-refractivity contribution in [3.05, 3.63) is 53.8 Å². The third-order valence-corrected chi connectivity index (χ3v) is 5.09. The lowest BCUT2D eigenvalue weighted by atomic mass is 10.1. The van der Waals surface area contributed by atoms with Gasteiger partial charge in [0.2, 0.25) is 0 Å². The Kier molecular flexibility index (Phi) is 4.73. The summed E-state index contributed by atoms with van der Waals surface area (Å²) < 4.78 is 34.1. The van der Waals surface area contributed by atoms with Crippen LogP contribution in [0.2, 0.25) is 0 Å². The van der Waals surface area contributed by atoms with Crippen LogP contribution in [-0.2, 0) is 9.84 Å². The maximum absolute atomic E-state index is 12.5. The Bertz CT molecular complexity index is 1070. The van der Waals surface area contributed by atoms with Gasteiger partial charge in [-0.1, -0.05) is 0 Å². The second-order valence-corrected chi connectivity index (χ2v) is 7.91. The summed E-state index contributed by atoms with van der Waals surface area (Å²) in [6, 6.07) is 11.4. The zero-order chi connectivity index (χ0) is 18.9. The molecule has 0 saturated carbocycles. The Morgan fingerprint density at radius 2 is 1.85 bits per heavy atom. The van der Waals surface area contributed by atoms with Crippen LogP contribution < -0.4 is 10.1 Å². The van der Waals surface area contributed by atoms with Crippen LogP contribution in [0.4, 0.5) is 5.69 Å². The van der Waals surface area contributed by atoms with Crippen molar-refractivity contribution in [2.45, 2.75) is 18.7 Å². The average molecular weight is 373 g/mol. The number of hydrogen-bond donors (Lipinski definition) is 1. The SMILES string of the molecule is CCOc1ccc2oc(C(=O)Nc3ccc(S(C)(=O)=O)cc3)c(C)c2c1. The van der Waals surface area contributed by atoms with Gasteiger partial charge < -0.3 is 14.5 Å². The highest BCUT2D eigenvalue weighted by atomic mass is 32.2. The van der Waals surface area contributed by atoms with Gasteiger partial charge in [-0.15, -0.1) is 0 Å². The van der Waals surface area contributed by atoms with Crippen LogP contribution in [-0.4, -0.2) is 27.2 Å². The van der Waals surface area contributed by atoms with Crippen molar-refractivity contribution in [3.8, 4) is 5.75 Å². The predicted molar refractivity (Wildman–Crippen MR) is 99.6 cm³/mol. The van der Waals surface area contributed by atoms with Gasteiger partial charge in [0.1, 0.15) is 11.3 Å². The summed E-state index contributed by atoms with van der Waals surface area (Å²) in [5, 5.41) is 3.53. The Hall–Kier alpha value is -2.80. The molecule has 0 aliphatic heterocycles. The van der Waals surface area contributed by atoms with Crippen LogP contribution in [0.1, 0.15) is 23.0 Å². The molecule has 0 radical (unpaired) electrons. The Balaban J connectivity index is 1.87. The molecule has 3 aromatic rings. The maximum atomic E-state index is 12.5. The Morgan fingerprint density at radius 1 is 1.15 bits per heavy atom. The molecular formula is C19H19NO5S. The minimum Gasteiger partial charge on any atom is -0.494 e. The van der Waals surface area contributed by atoms with E-state index in [-0.39, 0.29) is 10.7 Å². The van der Waals surface area contributed by atoms with Gasteiger partial charge in [-0.05, 0) is 56.3 Å². The number of amides is 1. The lowest BCUT2D eigenvalue weighted by Gasteiger charge is -2.05. The number of carbonyl (C=O) groups is 1. The van der Waals surface area contributed by atoms with Crippen LogP contribution in [0, 0.1) is 6.92 Å². The highest BCUT2D eigenvalue weighted by Crippen LogP contribution is 2.29. The fraction of sp³-hybridized carbons (Fsp3) is 0.211. The molecule has 0 unspecified atom stereocenters. The van der Waals surface area contributed by atoms with Gasteiger partial charge in [-0.3, -0.25) is 4.79 Å². The summed E-state index contributed by atoms with van der Waals surface area (Å²) in [4.78, 5) is 12.7. The molecule has 1 heterocycles. The Labute approximate surface area is 151 Å². The summed E-state index contributed by atoms with van der Waals surface area (Å²) in [7, 11) is -3.28. The van der Waals surface area contributed by atoms with Gasteiger partial charge >= 0.3 is 0 Å². The summed E-state index contributed by atoms with van der Waals surface area (Å²) >= 11 is 0. The monoisotopic (exact) mass is 373 g/mol. The lowest BCUT2D eigenvalue weighted by molar-refractivity contribution is 0.0998. The minimum atomic E-state index is -3.28. The molecule has 0 fully saturated rings. The summed E-state index contributed by atoms with van der Waals surface area (Å²) in [5.41, 5.74) is 1.80. The van der Waals surface area contributed by atoms with E-state index in [0.29, 0.717) is 29.2 Å². The molecule has 0 aliphatic rings. The number of sulfone groups is 1. The van der Waals surface area contributed by atoms with E-state index in [0.717, 1.165) is 11.6 Å². The van der Waals surface area contributed by atoms with Crippen LogP contribution in [0.3, 0.4) is 0 Å². The molecule has 2 aromatic carbocycles. The predicted octanol–water partition coefficient (Wildman–Crippen LogP) is 3.80. The minimum absolute atomic E-state index is 0.193. The normalized spacial score (nSPS) is 11.5. The van der Waals surface area contributed by atoms with Crippen molar-refractivity contribution >= 4 is 32.4 Å². The number of fused-ring (bicyclic) bond motifs is 1. The highest BCUT2D eigenvalue weighted by molar-refractivity contribution is 7.90. The molecular weight excluding hydrogens is 354 g/mol. The average Bonchev–Trinajstić information content (AvgIpc) is 2.92. The third kappa shape index (κ3) is 3.57. The van der Waals surface area contributed by atoms with Gasteiger partial charge in [0.15, 0.2) is 15.6 Å². The van der Waals surface area contributed by atoms with E-state index in [4.69, 9.17) is 9.15 Å². The number of ether oxygens (including phenoxy) is 1. The number of anilines is 1. The first-order valence-corrected chi connectivity index (χ1v) is 9.96. The quantitative estimate of drug-likeness (QED) is 0.735. The number of benzene rings is 2. The van der Waals surface area contributed by atoms with Crippen molar-refractivity contribution < 1.29 is 22.4 Å². The molecule has 7 heteroatoms. The van der Waals surface area contributed by atoms with Gasteiger partial charge in [-0.25, -0.2) is 8.42 Å². The van der Waals surface area contributed by atoms with E-state index in [9.17, 15) is 13.2 Å². The van der Waals surface area contributed by atoms with Crippen molar-refractivity contribution in [1.29, 1.82) is 0 Å². The number of nitrogens with one attached hydrogen (secondary N) is 1. The molecule has 0 saturated heterocycles. The molecule has 0 aliphatic carbocycles. The molecule has 0 atom stereocenters.